The van der Waals surface area contributed by atoms with Crippen LogP contribution in [0, 0.1) is 6.92 Å². The standard InChI is InChI=1S/C19H15N5O2S2/c1-12-5-7-13(8-6-12)17(26)21-18-22-23-19(28-18)27-11-14-10-16(25)24-9-3-2-4-15(24)20-14/h2-10H,11H2,1H3,(H,21,22,26). The predicted octanol–water partition coefficient (Wildman–Crippen LogP) is 3.40. The average molecular weight is 409 g/mol. The highest BCUT2D eigenvalue weighted by atomic mass is 32.2. The van der Waals surface area contributed by atoms with E-state index < -0.39 is 0 Å². The summed E-state index contributed by atoms with van der Waals surface area (Å²) in [5.41, 5.74) is 2.81. The van der Waals surface area contributed by atoms with Crippen molar-refractivity contribution in [2.24, 2.45) is 0 Å². The van der Waals surface area contributed by atoms with Gasteiger partial charge in [-0.1, -0.05) is 46.9 Å². The lowest BCUT2D eigenvalue weighted by Crippen LogP contribution is -2.14. The summed E-state index contributed by atoms with van der Waals surface area (Å²) in [6.07, 6.45) is 1.69. The molecular formula is C19H15N5O2S2. The number of nitrogens with one attached hydrogen (secondary N) is 1. The molecule has 3 aromatic heterocycles. The number of anilines is 1. The Kier molecular flexibility index (Phi) is 5.18. The van der Waals surface area contributed by atoms with Crippen LogP contribution >= 0.6 is 23.1 Å². The number of thioether (sulfide) groups is 1. The molecule has 4 aromatic rings. The number of hydrogen-bond donors (Lipinski definition) is 1. The molecule has 0 spiro atoms. The number of carbonyl (C=O) groups is 1. The molecule has 28 heavy (non-hydrogen) atoms. The summed E-state index contributed by atoms with van der Waals surface area (Å²) in [6.45, 7) is 1.97. The Balaban J connectivity index is 1.42. The van der Waals surface area contributed by atoms with E-state index in [0.29, 0.717) is 32.1 Å². The van der Waals surface area contributed by atoms with Crippen molar-refractivity contribution in [2.75, 3.05) is 5.32 Å². The van der Waals surface area contributed by atoms with Crippen molar-refractivity contribution in [1.82, 2.24) is 19.6 Å². The fraction of sp³-hybridized carbons (Fsp3) is 0.105. The van der Waals surface area contributed by atoms with Gasteiger partial charge in [0.25, 0.3) is 11.5 Å². The van der Waals surface area contributed by atoms with Crippen molar-refractivity contribution >= 4 is 39.8 Å². The first kappa shape index (κ1) is 18.3. The zero-order valence-electron chi connectivity index (χ0n) is 14.8. The summed E-state index contributed by atoms with van der Waals surface area (Å²) in [5, 5.41) is 11.3. The number of hydrogen-bond acceptors (Lipinski definition) is 7. The van der Waals surface area contributed by atoms with Gasteiger partial charge >= 0.3 is 0 Å². The quantitative estimate of drug-likeness (QED) is 0.401. The van der Waals surface area contributed by atoms with Crippen LogP contribution in [0.3, 0.4) is 0 Å². The molecule has 0 bridgehead atoms. The average Bonchev–Trinajstić information content (AvgIpc) is 3.14. The highest BCUT2D eigenvalue weighted by Gasteiger charge is 2.11. The molecule has 1 aromatic carbocycles. The van der Waals surface area contributed by atoms with Crippen LogP contribution in [-0.2, 0) is 5.75 Å². The van der Waals surface area contributed by atoms with Crippen LogP contribution in [0.2, 0.25) is 0 Å². The number of aromatic nitrogens is 4. The maximum atomic E-state index is 12.2. The third-order valence-corrected chi connectivity index (χ3v) is 5.91. The summed E-state index contributed by atoms with van der Waals surface area (Å²) in [5.74, 6) is 0.262. The molecule has 1 amide bonds. The van der Waals surface area contributed by atoms with Gasteiger partial charge < -0.3 is 0 Å². The smallest absolute Gasteiger partial charge is 0.258 e. The Morgan fingerprint density at radius 1 is 1.18 bits per heavy atom. The fourth-order valence-electron chi connectivity index (χ4n) is 2.51. The first-order valence-corrected chi connectivity index (χ1v) is 10.2. The predicted molar refractivity (Wildman–Crippen MR) is 110 cm³/mol. The maximum absolute atomic E-state index is 12.2. The minimum atomic E-state index is -0.225. The van der Waals surface area contributed by atoms with Crippen molar-refractivity contribution in [1.29, 1.82) is 0 Å². The lowest BCUT2D eigenvalue weighted by Gasteiger charge is -2.02. The van der Waals surface area contributed by atoms with Crippen LogP contribution in [0.4, 0.5) is 5.13 Å². The monoisotopic (exact) mass is 409 g/mol. The van der Waals surface area contributed by atoms with Crippen molar-refractivity contribution in [3.63, 3.8) is 0 Å². The second kappa shape index (κ2) is 7.91. The first-order chi connectivity index (χ1) is 13.6. The van der Waals surface area contributed by atoms with Gasteiger partial charge in [0.1, 0.15) is 5.65 Å². The number of nitrogens with zero attached hydrogens (tertiary/aromatic N) is 4. The normalized spacial score (nSPS) is 10.9. The van der Waals surface area contributed by atoms with Crippen LogP contribution in [-0.4, -0.2) is 25.5 Å². The molecule has 0 atom stereocenters. The van der Waals surface area contributed by atoms with Gasteiger partial charge in [-0.05, 0) is 31.2 Å². The van der Waals surface area contributed by atoms with Crippen molar-refractivity contribution in [3.8, 4) is 0 Å². The second-order valence-electron chi connectivity index (χ2n) is 6.00. The Labute approximate surface area is 168 Å². The molecule has 0 saturated heterocycles. The Morgan fingerprint density at radius 3 is 2.82 bits per heavy atom. The topological polar surface area (TPSA) is 89.2 Å². The fourth-order valence-corrected chi connectivity index (χ4v) is 4.14. The second-order valence-corrected chi connectivity index (χ2v) is 8.20. The van der Waals surface area contributed by atoms with Crippen molar-refractivity contribution in [3.05, 3.63) is 81.9 Å². The highest BCUT2D eigenvalue weighted by molar-refractivity contribution is 8.00. The summed E-state index contributed by atoms with van der Waals surface area (Å²) in [6, 6.07) is 14.2. The van der Waals surface area contributed by atoms with E-state index in [-0.39, 0.29) is 11.5 Å². The van der Waals surface area contributed by atoms with Crippen molar-refractivity contribution in [2.45, 2.75) is 17.0 Å². The molecule has 3 heterocycles. The van der Waals surface area contributed by atoms with Gasteiger partial charge in [0.2, 0.25) is 5.13 Å². The van der Waals surface area contributed by atoms with E-state index in [2.05, 4.69) is 20.5 Å². The SMILES string of the molecule is Cc1ccc(C(=O)Nc2nnc(SCc3cc(=O)n4ccccc4n3)s2)cc1. The maximum Gasteiger partial charge on any atom is 0.258 e. The number of benzene rings is 1. The van der Waals surface area contributed by atoms with E-state index in [1.807, 2.05) is 25.1 Å². The molecule has 1 N–H and O–H groups in total. The molecular weight excluding hydrogens is 394 g/mol. The summed E-state index contributed by atoms with van der Waals surface area (Å²) in [7, 11) is 0. The zero-order chi connectivity index (χ0) is 19.5. The molecule has 0 unspecified atom stereocenters. The van der Waals surface area contributed by atoms with E-state index in [1.165, 1.54) is 33.6 Å². The number of fused-ring (bicyclic) bond motifs is 1. The van der Waals surface area contributed by atoms with Gasteiger partial charge in [0.15, 0.2) is 4.34 Å². The Bertz CT molecular complexity index is 1200. The molecule has 4 rings (SSSR count). The van der Waals surface area contributed by atoms with E-state index in [1.54, 1.807) is 30.5 Å². The molecule has 9 heteroatoms. The highest BCUT2D eigenvalue weighted by Crippen LogP contribution is 2.28. The number of aryl methyl sites for hydroxylation is 1. The van der Waals surface area contributed by atoms with Gasteiger partial charge in [-0.2, -0.15) is 0 Å². The molecule has 0 fully saturated rings. The third kappa shape index (κ3) is 4.10. The number of amides is 1. The van der Waals surface area contributed by atoms with Gasteiger partial charge in [-0.3, -0.25) is 19.3 Å². The Morgan fingerprint density at radius 2 is 2.00 bits per heavy atom. The number of carbonyl (C=O) groups excluding carboxylic acids is 1. The molecule has 0 aliphatic rings. The van der Waals surface area contributed by atoms with Gasteiger partial charge in [-0.15, -0.1) is 10.2 Å². The lowest BCUT2D eigenvalue weighted by atomic mass is 10.1. The number of rotatable bonds is 5. The lowest BCUT2D eigenvalue weighted by molar-refractivity contribution is 0.102. The van der Waals surface area contributed by atoms with Crippen LogP contribution in [0.1, 0.15) is 21.6 Å². The van der Waals surface area contributed by atoms with Gasteiger partial charge in [-0.25, -0.2) is 4.98 Å². The largest absolute Gasteiger partial charge is 0.296 e. The molecule has 0 aliphatic heterocycles. The molecule has 0 saturated carbocycles. The van der Waals surface area contributed by atoms with Crippen LogP contribution in [0.5, 0.6) is 0 Å². The van der Waals surface area contributed by atoms with Crippen molar-refractivity contribution < 1.29 is 4.79 Å². The van der Waals surface area contributed by atoms with E-state index in [0.717, 1.165) is 5.56 Å². The van der Waals surface area contributed by atoms with Gasteiger partial charge in [0, 0.05) is 23.6 Å². The first-order valence-electron chi connectivity index (χ1n) is 8.40. The zero-order valence-corrected chi connectivity index (χ0v) is 16.5. The van der Waals surface area contributed by atoms with Crippen LogP contribution in [0.15, 0.2) is 63.9 Å². The van der Waals surface area contributed by atoms with E-state index >= 15 is 0 Å². The number of pyridine rings is 1. The molecule has 7 nitrogen and oxygen atoms in total. The van der Waals surface area contributed by atoms with E-state index in [4.69, 9.17) is 0 Å². The third-order valence-electron chi connectivity index (χ3n) is 3.91. The molecule has 0 radical (unpaired) electrons. The van der Waals surface area contributed by atoms with Crippen LogP contribution in [0.25, 0.3) is 5.65 Å². The minimum absolute atomic E-state index is 0.121. The summed E-state index contributed by atoms with van der Waals surface area (Å²) >= 11 is 2.70. The molecule has 140 valence electrons. The van der Waals surface area contributed by atoms with Crippen LogP contribution < -0.4 is 10.9 Å². The minimum Gasteiger partial charge on any atom is -0.296 e. The Hall–Kier alpha value is -3.04. The van der Waals surface area contributed by atoms with E-state index in [9.17, 15) is 9.59 Å². The summed E-state index contributed by atoms with van der Waals surface area (Å²) in [4.78, 5) is 28.9. The summed E-state index contributed by atoms with van der Waals surface area (Å²) < 4.78 is 2.19. The molecule has 0 aliphatic carbocycles. The van der Waals surface area contributed by atoms with Gasteiger partial charge in [0.05, 0.1) is 5.69 Å².